The molecule has 0 bridgehead atoms. The molecule has 0 saturated heterocycles. The van der Waals surface area contributed by atoms with Crippen molar-refractivity contribution < 1.29 is 9.52 Å². The third-order valence-corrected chi connectivity index (χ3v) is 2.42. The van der Waals surface area contributed by atoms with Crippen molar-refractivity contribution >= 4 is 21.9 Å². The fourth-order valence-corrected chi connectivity index (χ4v) is 1.49. The van der Waals surface area contributed by atoms with Crippen LogP contribution >= 0.6 is 15.9 Å². The van der Waals surface area contributed by atoms with Crippen LogP contribution in [0.2, 0.25) is 0 Å². The molecule has 0 atom stereocenters. The summed E-state index contributed by atoms with van der Waals surface area (Å²) in [7, 11) is 0. The number of hydrogen-bond acceptors (Lipinski definition) is 4. The monoisotopic (exact) mass is 254 g/mol. The van der Waals surface area contributed by atoms with E-state index in [9.17, 15) is 5.11 Å². The fourth-order valence-electron chi connectivity index (χ4n) is 1.13. The summed E-state index contributed by atoms with van der Waals surface area (Å²) in [4.78, 5) is 3.75. The van der Waals surface area contributed by atoms with Crippen molar-refractivity contribution in [2.75, 3.05) is 5.73 Å². The molecule has 1 aromatic heterocycles. The first-order chi connectivity index (χ1) is 6.68. The Morgan fingerprint density at radius 2 is 2.21 bits per heavy atom. The van der Waals surface area contributed by atoms with Gasteiger partial charge < -0.3 is 15.3 Å². The number of phenolic OH excluding ortho intramolecular Hbond substituents is 1. The van der Waals surface area contributed by atoms with Gasteiger partial charge in [-0.2, -0.15) is 0 Å². The molecule has 0 aliphatic heterocycles. The number of benzene rings is 1. The number of oxazole rings is 1. The first-order valence-electron chi connectivity index (χ1n) is 3.87. The summed E-state index contributed by atoms with van der Waals surface area (Å²) in [6.07, 6.45) is 1.47. The van der Waals surface area contributed by atoms with E-state index in [2.05, 4.69) is 20.9 Å². The Morgan fingerprint density at radius 3 is 2.86 bits per heavy atom. The molecule has 2 aromatic rings. The second-order valence-electron chi connectivity index (χ2n) is 2.70. The van der Waals surface area contributed by atoms with Crippen LogP contribution in [0.5, 0.6) is 5.75 Å². The molecule has 5 heteroatoms. The normalized spacial score (nSPS) is 10.4. The molecule has 1 heterocycles. The van der Waals surface area contributed by atoms with E-state index in [4.69, 9.17) is 10.2 Å². The molecule has 3 N–H and O–H groups in total. The molecule has 72 valence electrons. The van der Waals surface area contributed by atoms with Gasteiger partial charge in [0.05, 0.1) is 16.2 Å². The van der Waals surface area contributed by atoms with E-state index in [0.29, 0.717) is 15.8 Å². The lowest BCUT2D eigenvalue weighted by atomic mass is 10.1. The molecule has 2 rings (SSSR count). The number of rotatable bonds is 1. The molecule has 0 unspecified atom stereocenters. The molecular formula is C9H7BrN2O2. The SMILES string of the molecule is Nc1ncc(-c2cccc(Br)c2O)o1. The highest BCUT2D eigenvalue weighted by Gasteiger charge is 2.10. The highest BCUT2D eigenvalue weighted by molar-refractivity contribution is 9.10. The van der Waals surface area contributed by atoms with Gasteiger partial charge in [-0.15, -0.1) is 0 Å². The highest BCUT2D eigenvalue weighted by atomic mass is 79.9. The Labute approximate surface area is 88.5 Å². The van der Waals surface area contributed by atoms with Gasteiger partial charge in [0.1, 0.15) is 5.75 Å². The van der Waals surface area contributed by atoms with Gasteiger partial charge in [0.15, 0.2) is 5.76 Å². The maximum atomic E-state index is 9.68. The molecule has 1 aromatic carbocycles. The van der Waals surface area contributed by atoms with E-state index in [1.54, 1.807) is 18.2 Å². The molecule has 0 aliphatic carbocycles. The molecule has 0 amide bonds. The average molecular weight is 255 g/mol. The van der Waals surface area contributed by atoms with Crippen molar-refractivity contribution in [1.29, 1.82) is 0 Å². The minimum absolute atomic E-state index is 0.0828. The topological polar surface area (TPSA) is 72.3 Å². The van der Waals surface area contributed by atoms with Crippen LogP contribution in [0.25, 0.3) is 11.3 Å². The van der Waals surface area contributed by atoms with Crippen molar-refractivity contribution in [3.05, 3.63) is 28.9 Å². The van der Waals surface area contributed by atoms with E-state index in [-0.39, 0.29) is 11.8 Å². The van der Waals surface area contributed by atoms with Gasteiger partial charge in [-0.3, -0.25) is 0 Å². The van der Waals surface area contributed by atoms with Crippen LogP contribution in [-0.4, -0.2) is 10.1 Å². The predicted octanol–water partition coefficient (Wildman–Crippen LogP) is 2.39. The Hall–Kier alpha value is -1.49. The molecule has 0 fully saturated rings. The zero-order chi connectivity index (χ0) is 10.1. The summed E-state index contributed by atoms with van der Waals surface area (Å²) in [6, 6.07) is 5.33. The Balaban J connectivity index is 2.57. The van der Waals surface area contributed by atoms with Gasteiger partial charge in [0, 0.05) is 0 Å². The Morgan fingerprint density at radius 1 is 1.43 bits per heavy atom. The standard InChI is InChI=1S/C9H7BrN2O2/c10-6-3-1-2-5(8(6)13)7-4-12-9(11)14-7/h1-4,13H,(H2,11,12). The predicted molar refractivity (Wildman–Crippen MR) is 55.7 cm³/mol. The lowest BCUT2D eigenvalue weighted by molar-refractivity contribution is 0.471. The van der Waals surface area contributed by atoms with Crippen LogP contribution in [0, 0.1) is 0 Å². The summed E-state index contributed by atoms with van der Waals surface area (Å²) in [6.45, 7) is 0. The maximum absolute atomic E-state index is 9.68. The second-order valence-corrected chi connectivity index (χ2v) is 3.55. The van der Waals surface area contributed by atoms with Crippen LogP contribution in [0.4, 0.5) is 6.01 Å². The van der Waals surface area contributed by atoms with Gasteiger partial charge in [-0.25, -0.2) is 4.98 Å². The van der Waals surface area contributed by atoms with Gasteiger partial charge in [0.25, 0.3) is 6.01 Å². The molecule has 0 aliphatic rings. The number of para-hydroxylation sites is 1. The number of phenols is 1. The first-order valence-corrected chi connectivity index (χ1v) is 4.67. The van der Waals surface area contributed by atoms with Crippen LogP contribution < -0.4 is 5.73 Å². The lowest BCUT2D eigenvalue weighted by Crippen LogP contribution is -1.80. The van der Waals surface area contributed by atoms with Gasteiger partial charge in [-0.05, 0) is 28.1 Å². The number of nitrogens with zero attached hydrogens (tertiary/aromatic N) is 1. The Bertz CT molecular complexity index is 468. The largest absolute Gasteiger partial charge is 0.506 e. The van der Waals surface area contributed by atoms with Crippen LogP contribution in [0.1, 0.15) is 0 Å². The van der Waals surface area contributed by atoms with E-state index >= 15 is 0 Å². The number of hydrogen-bond donors (Lipinski definition) is 2. The molecule has 0 saturated carbocycles. The molecule has 14 heavy (non-hydrogen) atoms. The summed E-state index contributed by atoms with van der Waals surface area (Å²) < 4.78 is 5.69. The second kappa shape index (κ2) is 3.34. The third kappa shape index (κ3) is 1.46. The summed E-state index contributed by atoms with van der Waals surface area (Å²) in [5.41, 5.74) is 5.89. The number of aromatic hydroxyl groups is 1. The number of nitrogens with two attached hydrogens (primary N) is 1. The van der Waals surface area contributed by atoms with Crippen molar-refractivity contribution in [2.45, 2.75) is 0 Å². The smallest absolute Gasteiger partial charge is 0.292 e. The maximum Gasteiger partial charge on any atom is 0.292 e. The van der Waals surface area contributed by atoms with Crippen molar-refractivity contribution in [3.8, 4) is 17.1 Å². The summed E-state index contributed by atoms with van der Waals surface area (Å²) in [5.74, 6) is 0.560. The van der Waals surface area contributed by atoms with Gasteiger partial charge >= 0.3 is 0 Å². The van der Waals surface area contributed by atoms with Crippen molar-refractivity contribution in [3.63, 3.8) is 0 Å². The Kier molecular flexibility index (Phi) is 2.17. The highest BCUT2D eigenvalue weighted by Crippen LogP contribution is 2.35. The van der Waals surface area contributed by atoms with Crippen LogP contribution in [-0.2, 0) is 0 Å². The van der Waals surface area contributed by atoms with Crippen LogP contribution in [0.3, 0.4) is 0 Å². The minimum atomic E-state index is 0.0828. The third-order valence-electron chi connectivity index (χ3n) is 1.78. The summed E-state index contributed by atoms with van der Waals surface area (Å²) in [5, 5.41) is 9.68. The van der Waals surface area contributed by atoms with Crippen LogP contribution in [0.15, 0.2) is 33.3 Å². The fraction of sp³-hybridized carbons (Fsp3) is 0. The van der Waals surface area contributed by atoms with Gasteiger partial charge in [-0.1, -0.05) is 6.07 Å². The molecule has 4 nitrogen and oxygen atoms in total. The van der Waals surface area contributed by atoms with Gasteiger partial charge in [0.2, 0.25) is 0 Å². The van der Waals surface area contributed by atoms with Crippen molar-refractivity contribution in [1.82, 2.24) is 4.98 Å². The van der Waals surface area contributed by atoms with E-state index in [1.807, 2.05) is 0 Å². The zero-order valence-corrected chi connectivity index (χ0v) is 8.65. The minimum Gasteiger partial charge on any atom is -0.506 e. The van der Waals surface area contributed by atoms with E-state index in [1.165, 1.54) is 6.20 Å². The number of anilines is 1. The number of nitrogen functional groups attached to an aromatic ring is 1. The quantitative estimate of drug-likeness (QED) is 0.820. The number of halogens is 1. The lowest BCUT2D eigenvalue weighted by Gasteiger charge is -2.01. The summed E-state index contributed by atoms with van der Waals surface area (Å²) >= 11 is 3.21. The molecule has 0 radical (unpaired) electrons. The zero-order valence-electron chi connectivity index (χ0n) is 7.07. The average Bonchev–Trinajstić information content (AvgIpc) is 2.57. The molecular weight excluding hydrogens is 248 g/mol. The van der Waals surface area contributed by atoms with Crippen molar-refractivity contribution in [2.24, 2.45) is 0 Å². The van der Waals surface area contributed by atoms with E-state index < -0.39 is 0 Å². The number of aromatic nitrogens is 1. The molecule has 0 spiro atoms. The first kappa shape index (κ1) is 9.08. The van der Waals surface area contributed by atoms with E-state index in [0.717, 1.165) is 0 Å².